The van der Waals surface area contributed by atoms with Gasteiger partial charge in [-0.25, -0.2) is 0 Å². The third-order valence-electron chi connectivity index (χ3n) is 2.65. The van der Waals surface area contributed by atoms with Crippen LogP contribution in [0, 0.1) is 5.92 Å². The second-order valence-corrected chi connectivity index (χ2v) is 3.85. The molecule has 0 unspecified atom stereocenters. The first-order valence-corrected chi connectivity index (χ1v) is 6.13. The number of hydrogen-bond donors (Lipinski definition) is 1. The van der Waals surface area contributed by atoms with Gasteiger partial charge in [0.15, 0.2) is 0 Å². The highest BCUT2D eigenvalue weighted by Crippen LogP contribution is 2.04. The summed E-state index contributed by atoms with van der Waals surface area (Å²) in [6.45, 7) is 10.6. The molecule has 0 radical (unpaired) electrons. The summed E-state index contributed by atoms with van der Waals surface area (Å²) in [6, 6.07) is 0. The molecular formula is C12H27NO. The first-order chi connectivity index (χ1) is 6.85. The number of ether oxygens (including phenoxy) is 1. The van der Waals surface area contributed by atoms with E-state index in [4.69, 9.17) is 4.74 Å². The van der Waals surface area contributed by atoms with E-state index in [1.807, 2.05) is 0 Å². The molecule has 14 heavy (non-hydrogen) atoms. The predicted molar refractivity (Wildman–Crippen MR) is 62.7 cm³/mol. The van der Waals surface area contributed by atoms with E-state index in [0.29, 0.717) is 0 Å². The summed E-state index contributed by atoms with van der Waals surface area (Å²) in [6.07, 6.45) is 4.97. The van der Waals surface area contributed by atoms with E-state index in [1.165, 1.54) is 25.7 Å². The Hall–Kier alpha value is -0.0800. The quantitative estimate of drug-likeness (QED) is 0.549. The zero-order valence-corrected chi connectivity index (χ0v) is 10.1. The zero-order chi connectivity index (χ0) is 10.6. The highest BCUT2D eigenvalue weighted by atomic mass is 16.5. The molecule has 0 spiro atoms. The first-order valence-electron chi connectivity index (χ1n) is 6.13. The Labute approximate surface area is 89.4 Å². The molecular weight excluding hydrogens is 174 g/mol. The van der Waals surface area contributed by atoms with Crippen LogP contribution in [0.3, 0.4) is 0 Å². The number of nitrogens with one attached hydrogen (secondary N) is 1. The zero-order valence-electron chi connectivity index (χ0n) is 10.1. The van der Waals surface area contributed by atoms with Crippen LogP contribution in [0.4, 0.5) is 0 Å². The average molecular weight is 201 g/mol. The Morgan fingerprint density at radius 2 is 1.79 bits per heavy atom. The largest absolute Gasteiger partial charge is 0.380 e. The normalized spacial score (nSPS) is 11.1. The van der Waals surface area contributed by atoms with Crippen LogP contribution in [0.2, 0.25) is 0 Å². The summed E-state index contributed by atoms with van der Waals surface area (Å²) in [5, 5.41) is 3.44. The van der Waals surface area contributed by atoms with E-state index in [9.17, 15) is 0 Å². The van der Waals surface area contributed by atoms with Crippen molar-refractivity contribution in [2.75, 3.05) is 26.3 Å². The van der Waals surface area contributed by atoms with Gasteiger partial charge in [-0.05, 0) is 18.9 Å². The molecule has 0 aliphatic heterocycles. The first kappa shape index (κ1) is 13.9. The van der Waals surface area contributed by atoms with Crippen molar-refractivity contribution in [3.8, 4) is 0 Å². The van der Waals surface area contributed by atoms with E-state index in [-0.39, 0.29) is 0 Å². The Morgan fingerprint density at radius 1 is 1.07 bits per heavy atom. The lowest BCUT2D eigenvalue weighted by atomic mass is 10.0. The summed E-state index contributed by atoms with van der Waals surface area (Å²) >= 11 is 0. The summed E-state index contributed by atoms with van der Waals surface area (Å²) in [5.74, 6) is 0.839. The van der Waals surface area contributed by atoms with Crippen molar-refractivity contribution in [3.63, 3.8) is 0 Å². The maximum Gasteiger partial charge on any atom is 0.0590 e. The van der Waals surface area contributed by atoms with Gasteiger partial charge in [0.1, 0.15) is 0 Å². The molecule has 0 fully saturated rings. The second-order valence-electron chi connectivity index (χ2n) is 3.85. The van der Waals surface area contributed by atoms with Gasteiger partial charge in [0.2, 0.25) is 0 Å². The van der Waals surface area contributed by atoms with Crippen molar-refractivity contribution in [3.05, 3.63) is 0 Å². The van der Waals surface area contributed by atoms with Gasteiger partial charge in [0.05, 0.1) is 6.61 Å². The number of hydrogen-bond acceptors (Lipinski definition) is 2. The molecule has 0 aromatic carbocycles. The Morgan fingerprint density at radius 3 is 2.36 bits per heavy atom. The van der Waals surface area contributed by atoms with Gasteiger partial charge in [0.25, 0.3) is 0 Å². The maximum absolute atomic E-state index is 5.46. The van der Waals surface area contributed by atoms with Crippen LogP contribution < -0.4 is 5.32 Å². The number of rotatable bonds is 10. The van der Waals surface area contributed by atoms with Gasteiger partial charge in [0, 0.05) is 13.2 Å². The van der Waals surface area contributed by atoms with E-state index >= 15 is 0 Å². The molecule has 0 saturated heterocycles. The summed E-state index contributed by atoms with van der Waals surface area (Å²) in [4.78, 5) is 0. The Kier molecular flexibility index (Phi) is 10.9. The Bertz CT molecular complexity index is 102. The van der Waals surface area contributed by atoms with Gasteiger partial charge in [-0.2, -0.15) is 0 Å². The standard InChI is InChI=1S/C12H27NO/c1-4-7-9-14-10-8-13-11-12(5-2)6-3/h12-13H,4-11H2,1-3H3. The van der Waals surface area contributed by atoms with E-state index in [0.717, 1.165) is 32.2 Å². The minimum Gasteiger partial charge on any atom is -0.380 e. The van der Waals surface area contributed by atoms with Crippen LogP contribution in [0.15, 0.2) is 0 Å². The van der Waals surface area contributed by atoms with Crippen LogP contribution in [0.25, 0.3) is 0 Å². The van der Waals surface area contributed by atoms with Crippen LogP contribution in [-0.2, 0) is 4.74 Å². The van der Waals surface area contributed by atoms with Crippen molar-refractivity contribution in [1.29, 1.82) is 0 Å². The molecule has 0 aliphatic rings. The van der Waals surface area contributed by atoms with Crippen molar-refractivity contribution >= 4 is 0 Å². The van der Waals surface area contributed by atoms with E-state index in [1.54, 1.807) is 0 Å². The van der Waals surface area contributed by atoms with Crippen molar-refractivity contribution in [1.82, 2.24) is 5.32 Å². The van der Waals surface area contributed by atoms with Crippen LogP contribution >= 0.6 is 0 Å². The van der Waals surface area contributed by atoms with Crippen LogP contribution in [0.5, 0.6) is 0 Å². The Balaban J connectivity index is 3.04. The molecule has 0 saturated carbocycles. The van der Waals surface area contributed by atoms with Crippen molar-refractivity contribution < 1.29 is 4.74 Å². The molecule has 0 amide bonds. The van der Waals surface area contributed by atoms with Crippen molar-refractivity contribution in [2.24, 2.45) is 5.92 Å². The van der Waals surface area contributed by atoms with Crippen LogP contribution in [-0.4, -0.2) is 26.3 Å². The summed E-state index contributed by atoms with van der Waals surface area (Å²) < 4.78 is 5.46. The molecule has 86 valence electrons. The molecule has 0 atom stereocenters. The fourth-order valence-corrected chi connectivity index (χ4v) is 1.38. The van der Waals surface area contributed by atoms with E-state index in [2.05, 4.69) is 26.1 Å². The minimum absolute atomic E-state index is 0.839. The van der Waals surface area contributed by atoms with Gasteiger partial charge >= 0.3 is 0 Å². The topological polar surface area (TPSA) is 21.3 Å². The SMILES string of the molecule is CCCCOCCNCC(CC)CC. The third kappa shape index (κ3) is 8.52. The molecule has 2 heteroatoms. The highest BCUT2D eigenvalue weighted by Gasteiger charge is 2.01. The van der Waals surface area contributed by atoms with Gasteiger partial charge in [-0.1, -0.05) is 40.0 Å². The molecule has 0 aromatic heterocycles. The minimum atomic E-state index is 0.839. The fraction of sp³-hybridized carbons (Fsp3) is 1.00. The average Bonchev–Trinajstić information content (AvgIpc) is 2.22. The monoisotopic (exact) mass is 201 g/mol. The maximum atomic E-state index is 5.46. The van der Waals surface area contributed by atoms with Gasteiger partial charge in [-0.15, -0.1) is 0 Å². The van der Waals surface area contributed by atoms with E-state index < -0.39 is 0 Å². The number of unbranched alkanes of at least 4 members (excludes halogenated alkanes) is 1. The lowest BCUT2D eigenvalue weighted by molar-refractivity contribution is 0.132. The van der Waals surface area contributed by atoms with Gasteiger partial charge in [-0.3, -0.25) is 0 Å². The molecule has 0 aliphatic carbocycles. The van der Waals surface area contributed by atoms with Crippen LogP contribution in [0.1, 0.15) is 46.5 Å². The summed E-state index contributed by atoms with van der Waals surface area (Å²) in [7, 11) is 0. The lowest BCUT2D eigenvalue weighted by Gasteiger charge is -2.13. The molecule has 2 nitrogen and oxygen atoms in total. The molecule has 0 bridgehead atoms. The molecule has 0 rings (SSSR count). The smallest absolute Gasteiger partial charge is 0.0590 e. The third-order valence-corrected chi connectivity index (χ3v) is 2.65. The predicted octanol–water partition coefficient (Wildman–Crippen LogP) is 2.83. The summed E-state index contributed by atoms with van der Waals surface area (Å²) in [5.41, 5.74) is 0. The molecule has 0 aromatic rings. The second kappa shape index (κ2) is 11.0. The molecule has 1 N–H and O–H groups in total. The highest BCUT2D eigenvalue weighted by molar-refractivity contribution is 4.57. The fourth-order valence-electron chi connectivity index (χ4n) is 1.38. The molecule has 0 heterocycles. The van der Waals surface area contributed by atoms with Crippen molar-refractivity contribution in [2.45, 2.75) is 46.5 Å². The lowest BCUT2D eigenvalue weighted by Crippen LogP contribution is -2.26. The van der Waals surface area contributed by atoms with Gasteiger partial charge < -0.3 is 10.1 Å².